The van der Waals surface area contributed by atoms with Crippen molar-refractivity contribution in [3.63, 3.8) is 0 Å². The number of hydrogen-bond donors (Lipinski definition) is 1. The van der Waals surface area contributed by atoms with Crippen molar-refractivity contribution in [3.05, 3.63) is 51.4 Å². The second-order valence-corrected chi connectivity index (χ2v) is 7.50. The van der Waals surface area contributed by atoms with Gasteiger partial charge in [-0.2, -0.15) is 0 Å². The van der Waals surface area contributed by atoms with Crippen LogP contribution in [0.15, 0.2) is 35.7 Å². The first-order chi connectivity index (χ1) is 12.1. The van der Waals surface area contributed by atoms with E-state index in [1.165, 1.54) is 23.1 Å². The Labute approximate surface area is 155 Å². The molecule has 25 heavy (non-hydrogen) atoms. The van der Waals surface area contributed by atoms with E-state index in [0.717, 1.165) is 19.4 Å². The monoisotopic (exact) mass is 382 g/mol. The van der Waals surface area contributed by atoms with Gasteiger partial charge in [0.1, 0.15) is 5.82 Å². The van der Waals surface area contributed by atoms with Crippen molar-refractivity contribution in [2.45, 2.75) is 25.5 Å². The molecule has 1 N–H and O–H groups in total. The molecule has 1 aliphatic heterocycles. The van der Waals surface area contributed by atoms with Crippen LogP contribution in [0.1, 0.15) is 17.7 Å². The van der Waals surface area contributed by atoms with E-state index in [9.17, 15) is 9.18 Å². The Kier molecular flexibility index (Phi) is 6.42. The van der Waals surface area contributed by atoms with Crippen molar-refractivity contribution in [1.29, 1.82) is 0 Å². The quantitative estimate of drug-likeness (QED) is 0.781. The normalized spacial score (nSPS) is 17.2. The average Bonchev–Trinajstić information content (AvgIpc) is 3.24. The zero-order valence-corrected chi connectivity index (χ0v) is 15.3. The Morgan fingerprint density at radius 3 is 3.00 bits per heavy atom. The van der Waals surface area contributed by atoms with Crippen LogP contribution in [0.5, 0.6) is 0 Å². The van der Waals surface area contributed by atoms with Crippen LogP contribution in [0.3, 0.4) is 0 Å². The summed E-state index contributed by atoms with van der Waals surface area (Å²) in [4.78, 5) is 15.7. The highest BCUT2D eigenvalue weighted by molar-refractivity contribution is 7.09. The Bertz CT molecular complexity index is 705. The van der Waals surface area contributed by atoms with Gasteiger partial charge in [-0.1, -0.05) is 17.7 Å². The minimum Gasteiger partial charge on any atom is -0.377 e. The molecule has 3 rings (SSSR count). The number of thiophene rings is 1. The number of anilines is 1. The molecule has 7 heteroatoms. The second kappa shape index (κ2) is 8.76. The number of ether oxygens (including phenoxy) is 1. The number of rotatable bonds is 7. The molecule has 2 aromatic rings. The molecule has 0 spiro atoms. The minimum absolute atomic E-state index is 0.169. The summed E-state index contributed by atoms with van der Waals surface area (Å²) in [6, 6.07) is 7.99. The fraction of sp³-hybridized carbons (Fsp3) is 0.389. The number of nitrogens with one attached hydrogen (secondary N) is 1. The highest BCUT2D eigenvalue weighted by atomic mass is 35.5. The standard InChI is InChI=1S/C18H20ClFN2O2S/c19-16-9-13(20)5-6-17(16)21-18(23)12-22(10-14-3-1-7-24-14)11-15-4-2-8-25-15/h2,4-6,8-9,14H,1,3,7,10-12H2,(H,21,23). The van der Waals surface area contributed by atoms with E-state index >= 15 is 0 Å². The van der Waals surface area contributed by atoms with E-state index in [0.29, 0.717) is 18.8 Å². The predicted molar refractivity (Wildman–Crippen MR) is 98.6 cm³/mol. The van der Waals surface area contributed by atoms with Gasteiger partial charge in [0.25, 0.3) is 0 Å². The highest BCUT2D eigenvalue weighted by Crippen LogP contribution is 2.23. The summed E-state index contributed by atoms with van der Waals surface area (Å²) in [5, 5.41) is 4.97. The lowest BCUT2D eigenvalue weighted by molar-refractivity contribution is -0.117. The average molecular weight is 383 g/mol. The van der Waals surface area contributed by atoms with Gasteiger partial charge in [0.05, 0.1) is 23.4 Å². The third-order valence-electron chi connectivity index (χ3n) is 4.02. The molecule has 0 radical (unpaired) electrons. The number of halogens is 2. The van der Waals surface area contributed by atoms with Crippen LogP contribution < -0.4 is 5.32 Å². The number of carbonyl (C=O) groups excluding carboxylic acids is 1. The first kappa shape index (κ1) is 18.3. The zero-order chi connectivity index (χ0) is 17.6. The minimum atomic E-state index is -0.430. The Morgan fingerprint density at radius 2 is 2.32 bits per heavy atom. The van der Waals surface area contributed by atoms with E-state index in [-0.39, 0.29) is 23.6 Å². The van der Waals surface area contributed by atoms with Gasteiger partial charge < -0.3 is 10.1 Å². The van der Waals surface area contributed by atoms with E-state index in [1.54, 1.807) is 11.3 Å². The van der Waals surface area contributed by atoms with Gasteiger partial charge in [0.15, 0.2) is 0 Å². The van der Waals surface area contributed by atoms with Crippen molar-refractivity contribution in [1.82, 2.24) is 4.90 Å². The molecule has 1 unspecified atom stereocenters. The Hall–Kier alpha value is -1.47. The SMILES string of the molecule is O=C(CN(Cc1cccs1)CC1CCCO1)Nc1ccc(F)cc1Cl. The maximum Gasteiger partial charge on any atom is 0.238 e. The molecule has 2 heterocycles. The fourth-order valence-corrected chi connectivity index (χ4v) is 3.83. The molecule has 0 aliphatic carbocycles. The molecule has 1 fully saturated rings. The summed E-state index contributed by atoms with van der Waals surface area (Å²) in [6.07, 6.45) is 2.25. The highest BCUT2D eigenvalue weighted by Gasteiger charge is 2.21. The van der Waals surface area contributed by atoms with Crippen molar-refractivity contribution in [2.75, 3.05) is 25.0 Å². The molecule has 1 aliphatic rings. The molecule has 4 nitrogen and oxygen atoms in total. The summed E-state index contributed by atoms with van der Waals surface area (Å²) < 4.78 is 18.8. The largest absolute Gasteiger partial charge is 0.377 e. The lowest BCUT2D eigenvalue weighted by Crippen LogP contribution is -2.37. The Balaban J connectivity index is 1.62. The van der Waals surface area contributed by atoms with Gasteiger partial charge in [0.2, 0.25) is 5.91 Å². The van der Waals surface area contributed by atoms with Gasteiger partial charge in [-0.3, -0.25) is 9.69 Å². The van der Waals surface area contributed by atoms with Gasteiger partial charge in [-0.25, -0.2) is 4.39 Å². The van der Waals surface area contributed by atoms with Crippen molar-refractivity contribution >= 4 is 34.5 Å². The van der Waals surface area contributed by atoms with Crippen molar-refractivity contribution < 1.29 is 13.9 Å². The molecule has 1 aromatic heterocycles. The molecule has 0 bridgehead atoms. The molecule has 1 saturated heterocycles. The van der Waals surface area contributed by atoms with Gasteiger partial charge in [0, 0.05) is 24.6 Å². The molecule has 1 atom stereocenters. The Morgan fingerprint density at radius 1 is 1.44 bits per heavy atom. The van der Waals surface area contributed by atoms with Crippen LogP contribution in [0.25, 0.3) is 0 Å². The summed E-state index contributed by atoms with van der Waals surface area (Å²) in [5.41, 5.74) is 0.418. The van der Waals surface area contributed by atoms with Crippen LogP contribution in [-0.4, -0.2) is 36.6 Å². The van der Waals surface area contributed by atoms with E-state index in [4.69, 9.17) is 16.3 Å². The van der Waals surface area contributed by atoms with Crippen molar-refractivity contribution in [3.8, 4) is 0 Å². The first-order valence-electron chi connectivity index (χ1n) is 8.21. The summed E-state index contributed by atoms with van der Waals surface area (Å²) in [7, 11) is 0. The van der Waals surface area contributed by atoms with E-state index in [1.807, 2.05) is 11.4 Å². The van der Waals surface area contributed by atoms with Gasteiger partial charge >= 0.3 is 0 Å². The van der Waals surface area contributed by atoms with Crippen molar-refractivity contribution in [2.24, 2.45) is 0 Å². The molecular weight excluding hydrogens is 363 g/mol. The van der Waals surface area contributed by atoms with Crippen LogP contribution in [0, 0.1) is 5.82 Å². The summed E-state index contributed by atoms with van der Waals surface area (Å²) >= 11 is 7.64. The van der Waals surface area contributed by atoms with Gasteiger partial charge in [-0.15, -0.1) is 11.3 Å². The van der Waals surface area contributed by atoms with Crippen LogP contribution in [0.4, 0.5) is 10.1 Å². The molecule has 1 amide bonds. The first-order valence-corrected chi connectivity index (χ1v) is 9.47. The number of benzene rings is 1. The maximum absolute atomic E-state index is 13.1. The van der Waals surface area contributed by atoms with Crippen LogP contribution in [-0.2, 0) is 16.1 Å². The van der Waals surface area contributed by atoms with E-state index in [2.05, 4.69) is 16.3 Å². The third kappa shape index (κ3) is 5.51. The van der Waals surface area contributed by atoms with E-state index < -0.39 is 5.82 Å². The number of nitrogens with zero attached hydrogens (tertiary/aromatic N) is 1. The lowest BCUT2D eigenvalue weighted by atomic mass is 10.2. The summed E-state index contributed by atoms with van der Waals surface area (Å²) in [5.74, 6) is -0.608. The fourth-order valence-electron chi connectivity index (χ4n) is 2.87. The topological polar surface area (TPSA) is 41.6 Å². The second-order valence-electron chi connectivity index (χ2n) is 6.06. The zero-order valence-electron chi connectivity index (χ0n) is 13.7. The number of amides is 1. The third-order valence-corrected chi connectivity index (χ3v) is 5.19. The predicted octanol–water partition coefficient (Wildman–Crippen LogP) is 4.16. The molecule has 134 valence electrons. The number of carbonyl (C=O) groups is 1. The summed E-state index contributed by atoms with van der Waals surface area (Å²) in [6.45, 7) is 2.42. The smallest absolute Gasteiger partial charge is 0.238 e. The number of hydrogen-bond acceptors (Lipinski definition) is 4. The maximum atomic E-state index is 13.1. The van der Waals surface area contributed by atoms with Crippen LogP contribution in [0.2, 0.25) is 5.02 Å². The molecule has 0 saturated carbocycles. The molecular formula is C18H20ClFN2O2S. The molecule has 1 aromatic carbocycles. The van der Waals surface area contributed by atoms with Crippen LogP contribution >= 0.6 is 22.9 Å². The van der Waals surface area contributed by atoms with Gasteiger partial charge in [-0.05, 0) is 42.5 Å². The lowest BCUT2D eigenvalue weighted by Gasteiger charge is -2.24.